The summed E-state index contributed by atoms with van der Waals surface area (Å²) < 4.78 is 12.4. The lowest BCUT2D eigenvalue weighted by atomic mass is 9.90. The SMILES string of the molecule is N#Cc1ccc(-c2cc(-c3ccc4c(c3)oc3ccccc34)ccc2-c2ccc3c(c2)oc2ccccc23)cc1. The Morgan fingerprint density at radius 1 is 0.400 bits per heavy atom. The highest BCUT2D eigenvalue weighted by Gasteiger charge is 2.14. The van der Waals surface area contributed by atoms with Crippen LogP contribution in [0.2, 0.25) is 0 Å². The number of benzene rings is 6. The van der Waals surface area contributed by atoms with Crippen molar-refractivity contribution in [3.8, 4) is 39.4 Å². The maximum absolute atomic E-state index is 9.35. The van der Waals surface area contributed by atoms with Crippen LogP contribution in [-0.4, -0.2) is 0 Å². The third-order valence-corrected chi connectivity index (χ3v) is 7.75. The van der Waals surface area contributed by atoms with Gasteiger partial charge < -0.3 is 8.83 Å². The first-order chi connectivity index (χ1) is 19.7. The topological polar surface area (TPSA) is 50.1 Å². The summed E-state index contributed by atoms with van der Waals surface area (Å²) in [6, 6.07) is 45.7. The van der Waals surface area contributed by atoms with Crippen LogP contribution in [0.15, 0.2) is 136 Å². The summed E-state index contributed by atoms with van der Waals surface area (Å²) in [5.41, 5.74) is 10.6. The lowest BCUT2D eigenvalue weighted by Crippen LogP contribution is -1.88. The third-order valence-electron chi connectivity index (χ3n) is 7.75. The largest absolute Gasteiger partial charge is 0.456 e. The Labute approximate surface area is 230 Å². The van der Waals surface area contributed by atoms with Crippen molar-refractivity contribution >= 4 is 43.9 Å². The zero-order valence-electron chi connectivity index (χ0n) is 21.4. The highest BCUT2D eigenvalue weighted by atomic mass is 16.3. The zero-order chi connectivity index (χ0) is 26.6. The Kier molecular flexibility index (Phi) is 4.89. The standard InChI is InChI=1S/C37H21NO2/c38-22-23-9-11-24(12-10-23)33-19-25(26-14-17-31-29-5-1-3-7-34(29)39-36(31)20-26)13-16-28(33)27-15-18-32-30-6-2-4-8-35(30)40-37(32)21-27/h1-21H. The number of nitriles is 1. The fraction of sp³-hybridized carbons (Fsp3) is 0. The van der Waals surface area contributed by atoms with Gasteiger partial charge in [0.1, 0.15) is 22.3 Å². The van der Waals surface area contributed by atoms with Crippen molar-refractivity contribution in [2.75, 3.05) is 0 Å². The van der Waals surface area contributed by atoms with Crippen molar-refractivity contribution in [2.45, 2.75) is 0 Å². The highest BCUT2D eigenvalue weighted by Crippen LogP contribution is 2.39. The van der Waals surface area contributed by atoms with E-state index in [-0.39, 0.29) is 0 Å². The van der Waals surface area contributed by atoms with Crippen molar-refractivity contribution in [3.63, 3.8) is 0 Å². The van der Waals surface area contributed by atoms with Crippen LogP contribution in [0.4, 0.5) is 0 Å². The predicted molar refractivity (Wildman–Crippen MR) is 162 cm³/mol. The second kappa shape index (κ2) is 8.73. The van der Waals surface area contributed by atoms with Gasteiger partial charge in [-0.2, -0.15) is 5.26 Å². The molecule has 0 amide bonds. The van der Waals surface area contributed by atoms with Crippen molar-refractivity contribution < 1.29 is 8.83 Å². The molecule has 0 N–H and O–H groups in total. The molecular formula is C37H21NO2. The van der Waals surface area contributed by atoms with Gasteiger partial charge in [-0.15, -0.1) is 0 Å². The molecule has 0 fully saturated rings. The molecule has 2 heterocycles. The van der Waals surface area contributed by atoms with E-state index in [1.165, 1.54) is 0 Å². The minimum atomic E-state index is 0.639. The predicted octanol–water partition coefficient (Wildman–Crippen LogP) is 10.4. The summed E-state index contributed by atoms with van der Waals surface area (Å²) in [4.78, 5) is 0. The Hall–Kier alpha value is -5.59. The fourth-order valence-corrected chi connectivity index (χ4v) is 5.74. The molecule has 2 aromatic heterocycles. The Bertz CT molecular complexity index is 2280. The minimum absolute atomic E-state index is 0.639. The van der Waals surface area contributed by atoms with E-state index in [0.29, 0.717) is 5.56 Å². The lowest BCUT2D eigenvalue weighted by molar-refractivity contribution is 0.668. The van der Waals surface area contributed by atoms with Gasteiger partial charge in [-0.3, -0.25) is 0 Å². The molecular weight excluding hydrogens is 490 g/mol. The molecule has 0 bridgehead atoms. The second-order valence-electron chi connectivity index (χ2n) is 10.1. The molecule has 8 aromatic rings. The molecule has 3 heteroatoms. The summed E-state index contributed by atoms with van der Waals surface area (Å²) in [5, 5.41) is 13.8. The van der Waals surface area contributed by atoms with Crippen molar-refractivity contribution in [1.82, 2.24) is 0 Å². The molecule has 0 saturated heterocycles. The summed E-state index contributed by atoms with van der Waals surface area (Å²) in [6.07, 6.45) is 0. The van der Waals surface area contributed by atoms with E-state index < -0.39 is 0 Å². The van der Waals surface area contributed by atoms with Gasteiger partial charge in [0, 0.05) is 21.5 Å². The van der Waals surface area contributed by atoms with Gasteiger partial charge in [0.15, 0.2) is 0 Å². The van der Waals surface area contributed by atoms with Gasteiger partial charge in [-0.05, 0) is 88.0 Å². The average Bonchev–Trinajstić information content (AvgIpc) is 3.58. The van der Waals surface area contributed by atoms with Gasteiger partial charge in [-0.1, -0.05) is 72.8 Å². The molecule has 0 radical (unpaired) electrons. The Balaban J connectivity index is 1.31. The van der Waals surface area contributed by atoms with Crippen molar-refractivity contribution in [1.29, 1.82) is 5.26 Å². The monoisotopic (exact) mass is 511 g/mol. The van der Waals surface area contributed by atoms with Crippen LogP contribution in [0.5, 0.6) is 0 Å². The molecule has 6 aromatic carbocycles. The van der Waals surface area contributed by atoms with Gasteiger partial charge in [-0.25, -0.2) is 0 Å². The van der Waals surface area contributed by atoms with E-state index in [2.05, 4.69) is 72.8 Å². The summed E-state index contributed by atoms with van der Waals surface area (Å²) in [5.74, 6) is 0. The van der Waals surface area contributed by atoms with Crippen LogP contribution in [-0.2, 0) is 0 Å². The van der Waals surface area contributed by atoms with Crippen LogP contribution in [0.25, 0.3) is 77.3 Å². The number of hydrogen-bond donors (Lipinski definition) is 0. The summed E-state index contributed by atoms with van der Waals surface area (Å²) in [6.45, 7) is 0. The normalized spacial score (nSPS) is 11.5. The molecule has 186 valence electrons. The number of rotatable bonds is 3. The smallest absolute Gasteiger partial charge is 0.136 e. The molecule has 0 aliphatic carbocycles. The van der Waals surface area contributed by atoms with E-state index in [1.807, 2.05) is 60.7 Å². The van der Waals surface area contributed by atoms with Gasteiger partial charge in [0.2, 0.25) is 0 Å². The molecule has 3 nitrogen and oxygen atoms in total. The molecule has 0 aliphatic rings. The zero-order valence-corrected chi connectivity index (χ0v) is 21.4. The summed E-state index contributed by atoms with van der Waals surface area (Å²) in [7, 11) is 0. The fourth-order valence-electron chi connectivity index (χ4n) is 5.74. The van der Waals surface area contributed by atoms with Crippen molar-refractivity contribution in [2.24, 2.45) is 0 Å². The number of para-hydroxylation sites is 2. The van der Waals surface area contributed by atoms with Crippen LogP contribution in [0, 0.1) is 11.3 Å². The van der Waals surface area contributed by atoms with E-state index >= 15 is 0 Å². The van der Waals surface area contributed by atoms with E-state index in [9.17, 15) is 5.26 Å². The number of hydrogen-bond acceptors (Lipinski definition) is 3. The van der Waals surface area contributed by atoms with E-state index in [4.69, 9.17) is 8.83 Å². The Morgan fingerprint density at radius 3 is 1.55 bits per heavy atom. The molecule has 0 atom stereocenters. The summed E-state index contributed by atoms with van der Waals surface area (Å²) >= 11 is 0. The third kappa shape index (κ3) is 3.51. The molecule has 0 spiro atoms. The highest BCUT2D eigenvalue weighted by molar-refractivity contribution is 6.07. The molecule has 0 saturated carbocycles. The Morgan fingerprint density at radius 2 is 0.900 bits per heavy atom. The molecule has 8 rings (SSSR count). The van der Waals surface area contributed by atoms with Gasteiger partial charge in [0.25, 0.3) is 0 Å². The quantitative estimate of drug-likeness (QED) is 0.237. The van der Waals surface area contributed by atoms with Crippen LogP contribution in [0.3, 0.4) is 0 Å². The minimum Gasteiger partial charge on any atom is -0.456 e. The van der Waals surface area contributed by atoms with Crippen molar-refractivity contribution in [3.05, 3.63) is 133 Å². The van der Waals surface area contributed by atoms with Crippen LogP contribution in [0.1, 0.15) is 5.56 Å². The maximum Gasteiger partial charge on any atom is 0.136 e. The van der Waals surface area contributed by atoms with Gasteiger partial charge in [0.05, 0.1) is 11.6 Å². The van der Waals surface area contributed by atoms with E-state index in [0.717, 1.165) is 77.3 Å². The first kappa shape index (κ1) is 22.4. The van der Waals surface area contributed by atoms with Crippen LogP contribution < -0.4 is 0 Å². The van der Waals surface area contributed by atoms with E-state index in [1.54, 1.807) is 0 Å². The molecule has 40 heavy (non-hydrogen) atoms. The first-order valence-corrected chi connectivity index (χ1v) is 13.2. The number of nitrogens with zero attached hydrogens (tertiary/aromatic N) is 1. The molecule has 0 unspecified atom stereocenters. The number of furan rings is 2. The second-order valence-corrected chi connectivity index (χ2v) is 10.1. The maximum atomic E-state index is 9.35. The lowest BCUT2D eigenvalue weighted by Gasteiger charge is -2.13. The first-order valence-electron chi connectivity index (χ1n) is 13.2. The van der Waals surface area contributed by atoms with Gasteiger partial charge >= 0.3 is 0 Å². The van der Waals surface area contributed by atoms with Crippen LogP contribution >= 0.6 is 0 Å². The number of fused-ring (bicyclic) bond motifs is 6. The average molecular weight is 512 g/mol. The molecule has 0 aliphatic heterocycles.